The molecule has 20 heavy (non-hydrogen) atoms. The topological polar surface area (TPSA) is 46.3 Å². The Morgan fingerprint density at radius 2 is 1.75 bits per heavy atom. The lowest BCUT2D eigenvalue weighted by Gasteiger charge is -2.36. The molecule has 0 radical (unpaired) electrons. The Hall–Kier alpha value is -1.35. The highest BCUT2D eigenvalue weighted by atomic mass is 16.2. The monoisotopic (exact) mass is 276 g/mol. The number of nitrogens with two attached hydrogens (primary N) is 1. The lowest BCUT2D eigenvalue weighted by atomic mass is 9.91. The fraction of sp³-hybridized carbons (Fsp3) is 0.588. The summed E-state index contributed by atoms with van der Waals surface area (Å²) in [6, 6.07) is 10.3. The van der Waals surface area contributed by atoms with Crippen LogP contribution in [0.2, 0.25) is 0 Å². The van der Waals surface area contributed by atoms with E-state index in [1.165, 1.54) is 0 Å². The molecule has 0 saturated carbocycles. The first-order valence-electron chi connectivity index (χ1n) is 7.62. The predicted molar refractivity (Wildman–Crippen MR) is 84.2 cm³/mol. The van der Waals surface area contributed by atoms with E-state index < -0.39 is 5.54 Å². The number of rotatable bonds is 7. The van der Waals surface area contributed by atoms with Crippen LogP contribution >= 0.6 is 0 Å². The van der Waals surface area contributed by atoms with Crippen LogP contribution < -0.4 is 5.73 Å². The molecule has 1 unspecified atom stereocenters. The van der Waals surface area contributed by atoms with E-state index in [-0.39, 0.29) is 11.9 Å². The first-order valence-corrected chi connectivity index (χ1v) is 7.62. The van der Waals surface area contributed by atoms with Gasteiger partial charge in [0.1, 0.15) is 0 Å². The minimum absolute atomic E-state index is 0.0701. The second-order valence-corrected chi connectivity index (χ2v) is 5.54. The highest BCUT2D eigenvalue weighted by Gasteiger charge is 2.35. The zero-order valence-electron chi connectivity index (χ0n) is 13.2. The van der Waals surface area contributed by atoms with E-state index in [2.05, 4.69) is 26.0 Å². The van der Waals surface area contributed by atoms with E-state index in [1.807, 2.05) is 36.9 Å². The highest BCUT2D eigenvalue weighted by molar-refractivity contribution is 5.86. The van der Waals surface area contributed by atoms with Gasteiger partial charge in [0.2, 0.25) is 5.91 Å². The summed E-state index contributed by atoms with van der Waals surface area (Å²) >= 11 is 0. The van der Waals surface area contributed by atoms with E-state index in [4.69, 9.17) is 5.73 Å². The molecule has 3 nitrogen and oxygen atoms in total. The maximum atomic E-state index is 12.8. The lowest BCUT2D eigenvalue weighted by Crippen LogP contribution is -2.56. The van der Waals surface area contributed by atoms with Crippen molar-refractivity contribution in [1.82, 2.24) is 4.90 Å². The fourth-order valence-corrected chi connectivity index (χ4v) is 2.27. The SMILES string of the molecule is CCC(C)N(Cc1ccccc1)C(=O)C(N)(CC)CC. The molecule has 0 aliphatic rings. The molecule has 0 aliphatic heterocycles. The molecule has 1 aromatic carbocycles. The Kier molecular flexibility index (Phi) is 6.21. The molecule has 0 spiro atoms. The number of benzene rings is 1. The Morgan fingerprint density at radius 3 is 2.20 bits per heavy atom. The van der Waals surface area contributed by atoms with E-state index in [0.717, 1.165) is 12.0 Å². The number of carbonyl (C=O) groups is 1. The molecule has 1 aromatic rings. The van der Waals surface area contributed by atoms with Gasteiger partial charge in [-0.05, 0) is 31.7 Å². The zero-order chi connectivity index (χ0) is 15.2. The van der Waals surface area contributed by atoms with Crippen LogP contribution in [0.3, 0.4) is 0 Å². The zero-order valence-corrected chi connectivity index (χ0v) is 13.2. The molecule has 0 aliphatic carbocycles. The van der Waals surface area contributed by atoms with E-state index >= 15 is 0 Å². The van der Waals surface area contributed by atoms with Crippen LogP contribution in [0.5, 0.6) is 0 Å². The van der Waals surface area contributed by atoms with Gasteiger partial charge in [-0.3, -0.25) is 4.79 Å². The van der Waals surface area contributed by atoms with E-state index in [9.17, 15) is 4.79 Å². The summed E-state index contributed by atoms with van der Waals surface area (Å²) in [5, 5.41) is 0. The van der Waals surface area contributed by atoms with Gasteiger partial charge >= 0.3 is 0 Å². The van der Waals surface area contributed by atoms with Crippen LogP contribution in [-0.2, 0) is 11.3 Å². The first kappa shape index (κ1) is 16.7. The Morgan fingerprint density at radius 1 is 1.20 bits per heavy atom. The van der Waals surface area contributed by atoms with Crippen molar-refractivity contribution in [2.24, 2.45) is 5.73 Å². The van der Waals surface area contributed by atoms with Crippen molar-refractivity contribution in [1.29, 1.82) is 0 Å². The maximum absolute atomic E-state index is 12.8. The Bertz CT molecular complexity index is 412. The third-order valence-electron chi connectivity index (χ3n) is 4.27. The van der Waals surface area contributed by atoms with Gasteiger partial charge < -0.3 is 10.6 Å². The van der Waals surface area contributed by atoms with Crippen molar-refractivity contribution < 1.29 is 4.79 Å². The summed E-state index contributed by atoms with van der Waals surface area (Å²) in [6.45, 7) is 8.80. The average molecular weight is 276 g/mol. The van der Waals surface area contributed by atoms with Gasteiger partial charge in [0, 0.05) is 12.6 Å². The first-order chi connectivity index (χ1) is 9.48. The van der Waals surface area contributed by atoms with Crippen molar-refractivity contribution in [3.05, 3.63) is 35.9 Å². The van der Waals surface area contributed by atoms with Crippen LogP contribution in [0.1, 0.15) is 52.5 Å². The smallest absolute Gasteiger partial charge is 0.243 e. The van der Waals surface area contributed by atoms with Crippen molar-refractivity contribution >= 4 is 5.91 Å². The molecular formula is C17H28N2O. The Balaban J connectivity index is 2.98. The summed E-state index contributed by atoms with van der Waals surface area (Å²) < 4.78 is 0. The van der Waals surface area contributed by atoms with Gasteiger partial charge in [-0.2, -0.15) is 0 Å². The summed E-state index contributed by atoms with van der Waals surface area (Å²) in [5.41, 5.74) is 6.71. The summed E-state index contributed by atoms with van der Waals surface area (Å²) in [4.78, 5) is 14.8. The molecule has 1 atom stereocenters. The number of hydrogen-bond donors (Lipinski definition) is 1. The molecule has 3 heteroatoms. The molecular weight excluding hydrogens is 248 g/mol. The number of nitrogens with zero attached hydrogens (tertiary/aromatic N) is 1. The predicted octanol–water partition coefficient (Wildman–Crippen LogP) is 3.33. The summed E-state index contributed by atoms with van der Waals surface area (Å²) in [5.74, 6) is 0.0701. The van der Waals surface area contributed by atoms with Crippen molar-refractivity contribution in [3.8, 4) is 0 Å². The molecule has 2 N–H and O–H groups in total. The van der Waals surface area contributed by atoms with Crippen LogP contribution in [0.4, 0.5) is 0 Å². The summed E-state index contributed by atoms with van der Waals surface area (Å²) in [7, 11) is 0. The highest BCUT2D eigenvalue weighted by Crippen LogP contribution is 2.20. The van der Waals surface area contributed by atoms with Crippen LogP contribution in [0, 0.1) is 0 Å². The molecule has 0 heterocycles. The average Bonchev–Trinajstić information content (AvgIpc) is 2.51. The van der Waals surface area contributed by atoms with Gasteiger partial charge in [0.15, 0.2) is 0 Å². The summed E-state index contributed by atoms with van der Waals surface area (Å²) in [6.07, 6.45) is 2.27. The second-order valence-electron chi connectivity index (χ2n) is 5.54. The lowest BCUT2D eigenvalue weighted by molar-refractivity contribution is -0.140. The van der Waals surface area contributed by atoms with Crippen LogP contribution in [0.15, 0.2) is 30.3 Å². The van der Waals surface area contributed by atoms with Crippen molar-refractivity contribution in [2.45, 2.75) is 65.1 Å². The standard InChI is InChI=1S/C17H28N2O/c1-5-14(4)19(13-15-11-9-8-10-12-15)16(20)17(18,6-2)7-3/h8-12,14H,5-7,13,18H2,1-4H3. The van der Waals surface area contributed by atoms with Crippen molar-refractivity contribution in [3.63, 3.8) is 0 Å². The van der Waals surface area contributed by atoms with Crippen LogP contribution in [-0.4, -0.2) is 22.4 Å². The maximum Gasteiger partial charge on any atom is 0.243 e. The minimum atomic E-state index is -0.738. The van der Waals surface area contributed by atoms with Crippen molar-refractivity contribution in [2.75, 3.05) is 0 Å². The van der Waals surface area contributed by atoms with Gasteiger partial charge in [-0.1, -0.05) is 51.1 Å². The minimum Gasteiger partial charge on any atom is -0.334 e. The molecule has 1 rings (SSSR count). The molecule has 112 valence electrons. The van der Waals surface area contributed by atoms with E-state index in [0.29, 0.717) is 19.4 Å². The number of hydrogen-bond acceptors (Lipinski definition) is 2. The molecule has 0 bridgehead atoms. The third kappa shape index (κ3) is 3.83. The largest absolute Gasteiger partial charge is 0.334 e. The van der Waals surface area contributed by atoms with Crippen LogP contribution in [0.25, 0.3) is 0 Å². The second kappa shape index (κ2) is 7.44. The number of carbonyl (C=O) groups excluding carboxylic acids is 1. The van der Waals surface area contributed by atoms with Gasteiger partial charge in [0.25, 0.3) is 0 Å². The van der Waals surface area contributed by atoms with Gasteiger partial charge in [0.05, 0.1) is 5.54 Å². The molecule has 0 fully saturated rings. The molecule has 0 aromatic heterocycles. The van der Waals surface area contributed by atoms with Gasteiger partial charge in [-0.15, -0.1) is 0 Å². The molecule has 0 saturated heterocycles. The molecule has 1 amide bonds. The van der Waals surface area contributed by atoms with Gasteiger partial charge in [-0.25, -0.2) is 0 Å². The quantitative estimate of drug-likeness (QED) is 0.830. The normalized spacial score (nSPS) is 13.1. The number of amides is 1. The third-order valence-corrected chi connectivity index (χ3v) is 4.27. The van der Waals surface area contributed by atoms with E-state index in [1.54, 1.807) is 0 Å². The fourth-order valence-electron chi connectivity index (χ4n) is 2.27. The Labute approximate surface area is 123 Å².